The van der Waals surface area contributed by atoms with E-state index in [0.29, 0.717) is 10.6 Å². The van der Waals surface area contributed by atoms with Crippen molar-refractivity contribution >= 4 is 39.7 Å². The van der Waals surface area contributed by atoms with Gasteiger partial charge in [-0.05, 0) is 24.3 Å². The summed E-state index contributed by atoms with van der Waals surface area (Å²) in [6.07, 6.45) is 0. The third kappa shape index (κ3) is 3.52. The van der Waals surface area contributed by atoms with Crippen molar-refractivity contribution in [2.45, 2.75) is 0 Å². The number of anilines is 2. The van der Waals surface area contributed by atoms with E-state index in [9.17, 15) is 4.79 Å². The van der Waals surface area contributed by atoms with Crippen molar-refractivity contribution in [3.05, 3.63) is 64.5 Å². The highest BCUT2D eigenvalue weighted by Gasteiger charge is 2.09. The van der Waals surface area contributed by atoms with E-state index in [1.807, 2.05) is 35.7 Å². The number of esters is 1. The number of methoxy groups -OCH3 is 1. The number of nitrogens with zero attached hydrogens (tertiary/aromatic N) is 1. The lowest BCUT2D eigenvalue weighted by molar-refractivity contribution is 0.0601. The number of nitrogens with one attached hydrogen (secondary N) is 1. The Balaban J connectivity index is 1.82. The number of carbonyl (C=O) groups excluding carboxylic acids is 1. The summed E-state index contributed by atoms with van der Waals surface area (Å²) in [5.41, 5.74) is 2.96. The SMILES string of the molecule is COC(=O)c1cccc(Nc2nc(-c3ccccc3Cl)cs2)c1. The van der Waals surface area contributed by atoms with Crippen LogP contribution < -0.4 is 5.32 Å². The van der Waals surface area contributed by atoms with E-state index in [0.717, 1.165) is 22.1 Å². The molecule has 0 saturated heterocycles. The van der Waals surface area contributed by atoms with Gasteiger partial charge in [0.2, 0.25) is 0 Å². The molecule has 3 aromatic rings. The molecule has 0 aliphatic carbocycles. The molecule has 0 bridgehead atoms. The first kappa shape index (κ1) is 15.5. The molecule has 0 radical (unpaired) electrons. The Bertz CT molecular complexity index is 848. The quantitative estimate of drug-likeness (QED) is 0.677. The molecule has 3 rings (SSSR count). The number of carbonyl (C=O) groups is 1. The summed E-state index contributed by atoms with van der Waals surface area (Å²) in [7, 11) is 1.36. The summed E-state index contributed by atoms with van der Waals surface area (Å²) in [5.74, 6) is -0.371. The zero-order valence-electron chi connectivity index (χ0n) is 12.2. The maximum absolute atomic E-state index is 11.6. The fraction of sp³-hybridized carbons (Fsp3) is 0.0588. The van der Waals surface area contributed by atoms with Crippen LogP contribution in [-0.4, -0.2) is 18.1 Å². The zero-order chi connectivity index (χ0) is 16.2. The van der Waals surface area contributed by atoms with Gasteiger partial charge >= 0.3 is 5.97 Å². The Kier molecular flexibility index (Phi) is 4.60. The summed E-state index contributed by atoms with van der Waals surface area (Å²) < 4.78 is 4.72. The van der Waals surface area contributed by atoms with Crippen molar-refractivity contribution in [2.75, 3.05) is 12.4 Å². The van der Waals surface area contributed by atoms with Gasteiger partial charge in [0.15, 0.2) is 5.13 Å². The largest absolute Gasteiger partial charge is 0.465 e. The van der Waals surface area contributed by atoms with E-state index in [1.54, 1.807) is 18.2 Å². The van der Waals surface area contributed by atoms with Crippen LogP contribution in [0.1, 0.15) is 10.4 Å². The second-order valence-electron chi connectivity index (χ2n) is 4.72. The molecule has 23 heavy (non-hydrogen) atoms. The predicted molar refractivity (Wildman–Crippen MR) is 93.6 cm³/mol. The number of aromatic nitrogens is 1. The maximum atomic E-state index is 11.6. The lowest BCUT2D eigenvalue weighted by Gasteiger charge is -2.05. The van der Waals surface area contributed by atoms with E-state index >= 15 is 0 Å². The van der Waals surface area contributed by atoms with Crippen LogP contribution in [0.5, 0.6) is 0 Å². The van der Waals surface area contributed by atoms with E-state index in [4.69, 9.17) is 16.3 Å². The van der Waals surface area contributed by atoms with Crippen LogP contribution in [0.15, 0.2) is 53.9 Å². The average molecular weight is 345 g/mol. The minimum atomic E-state index is -0.371. The molecule has 6 heteroatoms. The van der Waals surface area contributed by atoms with Gasteiger partial charge in [-0.25, -0.2) is 9.78 Å². The molecule has 4 nitrogen and oxygen atoms in total. The first-order valence-electron chi connectivity index (χ1n) is 6.83. The minimum Gasteiger partial charge on any atom is -0.465 e. The molecule has 0 unspecified atom stereocenters. The molecule has 0 spiro atoms. The van der Waals surface area contributed by atoms with Gasteiger partial charge in [-0.15, -0.1) is 11.3 Å². The summed E-state index contributed by atoms with van der Waals surface area (Å²) >= 11 is 7.66. The van der Waals surface area contributed by atoms with Crippen molar-refractivity contribution in [3.8, 4) is 11.3 Å². The van der Waals surface area contributed by atoms with Crippen molar-refractivity contribution in [3.63, 3.8) is 0 Å². The van der Waals surface area contributed by atoms with E-state index in [2.05, 4.69) is 10.3 Å². The Morgan fingerprint density at radius 3 is 2.83 bits per heavy atom. The van der Waals surface area contributed by atoms with Gasteiger partial charge in [0, 0.05) is 21.7 Å². The lowest BCUT2D eigenvalue weighted by atomic mass is 10.2. The molecule has 2 aromatic carbocycles. The van der Waals surface area contributed by atoms with Crippen molar-refractivity contribution in [1.82, 2.24) is 4.98 Å². The second kappa shape index (κ2) is 6.81. The van der Waals surface area contributed by atoms with Crippen LogP contribution in [0.25, 0.3) is 11.3 Å². The van der Waals surface area contributed by atoms with Crippen molar-refractivity contribution in [1.29, 1.82) is 0 Å². The standard InChI is InChI=1S/C17H13ClN2O2S/c1-22-16(21)11-5-4-6-12(9-11)19-17-20-15(10-23-17)13-7-2-3-8-14(13)18/h2-10H,1H3,(H,19,20). The van der Waals surface area contributed by atoms with E-state index < -0.39 is 0 Å². The van der Waals surface area contributed by atoms with Crippen LogP contribution in [0, 0.1) is 0 Å². The van der Waals surface area contributed by atoms with Crippen LogP contribution in [0.3, 0.4) is 0 Å². The first-order valence-corrected chi connectivity index (χ1v) is 8.09. The molecule has 1 heterocycles. The maximum Gasteiger partial charge on any atom is 0.337 e. The van der Waals surface area contributed by atoms with Crippen LogP contribution >= 0.6 is 22.9 Å². The van der Waals surface area contributed by atoms with Crippen LogP contribution in [0.4, 0.5) is 10.8 Å². The highest BCUT2D eigenvalue weighted by molar-refractivity contribution is 7.14. The smallest absolute Gasteiger partial charge is 0.337 e. The van der Waals surface area contributed by atoms with Gasteiger partial charge in [-0.3, -0.25) is 0 Å². The second-order valence-corrected chi connectivity index (χ2v) is 5.98. The normalized spacial score (nSPS) is 10.3. The number of hydrogen-bond donors (Lipinski definition) is 1. The van der Waals surface area contributed by atoms with Gasteiger partial charge in [0.1, 0.15) is 0 Å². The third-order valence-electron chi connectivity index (χ3n) is 3.19. The number of rotatable bonds is 4. The Labute approximate surface area is 142 Å². The summed E-state index contributed by atoms with van der Waals surface area (Å²) in [6.45, 7) is 0. The predicted octanol–water partition coefficient (Wildman–Crippen LogP) is 4.99. The first-order chi connectivity index (χ1) is 11.2. The fourth-order valence-electron chi connectivity index (χ4n) is 2.09. The average Bonchev–Trinajstić information content (AvgIpc) is 3.03. The van der Waals surface area contributed by atoms with Gasteiger partial charge in [-0.2, -0.15) is 0 Å². The number of halogens is 1. The van der Waals surface area contributed by atoms with Crippen LogP contribution in [-0.2, 0) is 4.74 Å². The Morgan fingerprint density at radius 1 is 1.22 bits per heavy atom. The van der Waals surface area contributed by atoms with E-state index in [-0.39, 0.29) is 5.97 Å². The fourth-order valence-corrected chi connectivity index (χ4v) is 3.05. The third-order valence-corrected chi connectivity index (χ3v) is 4.28. The number of benzene rings is 2. The van der Waals surface area contributed by atoms with E-state index in [1.165, 1.54) is 18.4 Å². The molecule has 116 valence electrons. The van der Waals surface area contributed by atoms with Crippen LogP contribution in [0.2, 0.25) is 5.02 Å². The molecule has 0 aliphatic heterocycles. The monoisotopic (exact) mass is 344 g/mol. The minimum absolute atomic E-state index is 0.371. The zero-order valence-corrected chi connectivity index (χ0v) is 13.8. The Hall–Kier alpha value is -2.37. The van der Waals surface area contributed by atoms with Crippen molar-refractivity contribution < 1.29 is 9.53 Å². The van der Waals surface area contributed by atoms with Gasteiger partial charge in [0.25, 0.3) is 0 Å². The topological polar surface area (TPSA) is 51.2 Å². The molecule has 0 atom stereocenters. The van der Waals surface area contributed by atoms with Gasteiger partial charge in [-0.1, -0.05) is 35.9 Å². The number of hydrogen-bond acceptors (Lipinski definition) is 5. The molecule has 0 saturated carbocycles. The molecule has 0 fully saturated rings. The molecular weight excluding hydrogens is 332 g/mol. The van der Waals surface area contributed by atoms with Gasteiger partial charge < -0.3 is 10.1 Å². The number of thiazole rings is 1. The van der Waals surface area contributed by atoms with Gasteiger partial charge in [0.05, 0.1) is 18.4 Å². The molecule has 0 aliphatic rings. The van der Waals surface area contributed by atoms with Crippen molar-refractivity contribution in [2.24, 2.45) is 0 Å². The Morgan fingerprint density at radius 2 is 2.04 bits per heavy atom. The molecule has 0 amide bonds. The number of ether oxygens (including phenoxy) is 1. The summed E-state index contributed by atoms with van der Waals surface area (Å²) in [6, 6.07) is 14.7. The molecule has 1 aromatic heterocycles. The summed E-state index contributed by atoms with van der Waals surface area (Å²) in [4.78, 5) is 16.1. The molecule has 1 N–H and O–H groups in total. The highest BCUT2D eigenvalue weighted by atomic mass is 35.5. The lowest BCUT2D eigenvalue weighted by Crippen LogP contribution is -2.01. The summed E-state index contributed by atoms with van der Waals surface area (Å²) in [5, 5.41) is 6.52. The molecular formula is C17H13ClN2O2S. The highest BCUT2D eigenvalue weighted by Crippen LogP contribution is 2.31.